The Kier molecular flexibility index (Phi) is 3.71. The molecular weight excluding hydrogens is 340 g/mol. The van der Waals surface area contributed by atoms with Crippen molar-refractivity contribution in [1.82, 2.24) is 30.5 Å². The number of nitrogens with zero attached hydrogens (tertiary/aromatic N) is 3. The van der Waals surface area contributed by atoms with Crippen LogP contribution in [0.25, 0.3) is 22.2 Å². The van der Waals surface area contributed by atoms with Gasteiger partial charge in [0.15, 0.2) is 0 Å². The van der Waals surface area contributed by atoms with Crippen molar-refractivity contribution in [2.24, 2.45) is 0 Å². The second-order valence-electron chi connectivity index (χ2n) is 6.85. The van der Waals surface area contributed by atoms with Crippen molar-refractivity contribution < 1.29 is 4.79 Å². The van der Waals surface area contributed by atoms with Crippen LogP contribution in [0.15, 0.2) is 49.2 Å². The van der Waals surface area contributed by atoms with Crippen LogP contribution in [0.5, 0.6) is 0 Å². The lowest BCUT2D eigenvalue weighted by molar-refractivity contribution is 0.0933. The van der Waals surface area contributed by atoms with Crippen LogP contribution in [0.2, 0.25) is 0 Å². The van der Waals surface area contributed by atoms with Crippen LogP contribution >= 0.6 is 0 Å². The molecule has 0 saturated heterocycles. The van der Waals surface area contributed by atoms with Gasteiger partial charge in [0.05, 0.1) is 29.8 Å². The zero-order valence-electron chi connectivity index (χ0n) is 14.6. The molecular formula is C20H18N6O. The molecule has 27 heavy (non-hydrogen) atoms. The molecule has 0 aliphatic heterocycles. The van der Waals surface area contributed by atoms with Crippen molar-refractivity contribution in [1.29, 1.82) is 0 Å². The van der Waals surface area contributed by atoms with Gasteiger partial charge in [-0.1, -0.05) is 12.1 Å². The average Bonchev–Trinajstić information content (AvgIpc) is 3.36. The van der Waals surface area contributed by atoms with Gasteiger partial charge in [0.1, 0.15) is 0 Å². The number of aromatic nitrogens is 5. The molecule has 0 radical (unpaired) electrons. The van der Waals surface area contributed by atoms with E-state index in [0.29, 0.717) is 5.56 Å². The van der Waals surface area contributed by atoms with Gasteiger partial charge >= 0.3 is 0 Å². The molecule has 4 aromatic rings. The van der Waals surface area contributed by atoms with Crippen molar-refractivity contribution in [2.45, 2.75) is 25.3 Å². The largest absolute Gasteiger partial charge is 0.349 e. The third kappa shape index (κ3) is 2.87. The Hall–Kier alpha value is -3.48. The van der Waals surface area contributed by atoms with E-state index >= 15 is 0 Å². The summed E-state index contributed by atoms with van der Waals surface area (Å²) in [6.07, 6.45) is 9.72. The summed E-state index contributed by atoms with van der Waals surface area (Å²) in [7, 11) is 0. The molecule has 3 aromatic heterocycles. The third-order valence-corrected chi connectivity index (χ3v) is 5.14. The van der Waals surface area contributed by atoms with E-state index in [1.807, 2.05) is 30.5 Å². The number of hydrogen-bond donors (Lipinski definition) is 3. The second-order valence-corrected chi connectivity index (χ2v) is 6.85. The number of carbonyl (C=O) groups is 1. The van der Waals surface area contributed by atoms with Gasteiger partial charge in [0.25, 0.3) is 5.91 Å². The molecule has 0 bridgehead atoms. The summed E-state index contributed by atoms with van der Waals surface area (Å²) in [5, 5.41) is 10.2. The van der Waals surface area contributed by atoms with Crippen LogP contribution in [0.4, 0.5) is 0 Å². The summed E-state index contributed by atoms with van der Waals surface area (Å²) >= 11 is 0. The Morgan fingerprint density at radius 1 is 1.15 bits per heavy atom. The first-order chi connectivity index (χ1) is 13.3. The fourth-order valence-electron chi connectivity index (χ4n) is 3.69. The maximum absolute atomic E-state index is 12.6. The van der Waals surface area contributed by atoms with Crippen molar-refractivity contribution in [3.8, 4) is 11.1 Å². The number of carbonyl (C=O) groups excluding carboxylic acids is 1. The number of imidazole rings is 1. The number of aromatic amines is 2. The quantitative estimate of drug-likeness (QED) is 0.524. The predicted octanol–water partition coefficient (Wildman–Crippen LogP) is 2.64. The van der Waals surface area contributed by atoms with E-state index in [0.717, 1.165) is 41.4 Å². The molecule has 5 rings (SSSR count). The van der Waals surface area contributed by atoms with Crippen LogP contribution in [0, 0.1) is 0 Å². The van der Waals surface area contributed by atoms with Gasteiger partial charge in [-0.25, -0.2) is 4.98 Å². The summed E-state index contributed by atoms with van der Waals surface area (Å²) in [6.45, 7) is 0. The first-order valence-corrected chi connectivity index (χ1v) is 8.97. The van der Waals surface area contributed by atoms with Crippen molar-refractivity contribution in [3.05, 3.63) is 66.0 Å². The Morgan fingerprint density at radius 3 is 2.93 bits per heavy atom. The fraction of sp³-hybridized carbons (Fsp3) is 0.200. The molecule has 1 unspecified atom stereocenters. The Labute approximate surface area is 155 Å². The van der Waals surface area contributed by atoms with Crippen LogP contribution in [0.1, 0.15) is 28.0 Å². The number of amides is 1. The van der Waals surface area contributed by atoms with E-state index in [4.69, 9.17) is 0 Å². The highest BCUT2D eigenvalue weighted by molar-refractivity contribution is 5.96. The highest BCUT2D eigenvalue weighted by Gasteiger charge is 2.22. The van der Waals surface area contributed by atoms with Crippen molar-refractivity contribution in [2.75, 3.05) is 0 Å². The summed E-state index contributed by atoms with van der Waals surface area (Å²) in [5.41, 5.74) is 6.73. The van der Waals surface area contributed by atoms with Gasteiger partial charge in [-0.2, -0.15) is 5.10 Å². The Bertz CT molecular complexity index is 1110. The molecule has 0 spiro atoms. The van der Waals surface area contributed by atoms with Crippen LogP contribution in [-0.4, -0.2) is 37.1 Å². The SMILES string of the molecule is O=C(NC1CCc2[nH]ncc2C1)c1ccc(-c2cncc3[nH]cnc23)cc1. The van der Waals surface area contributed by atoms with Crippen LogP contribution in [0.3, 0.4) is 0 Å². The van der Waals surface area contributed by atoms with Gasteiger partial charge in [0.2, 0.25) is 0 Å². The van der Waals surface area contributed by atoms with Crippen molar-refractivity contribution in [3.63, 3.8) is 0 Å². The van der Waals surface area contributed by atoms with E-state index in [-0.39, 0.29) is 11.9 Å². The van der Waals surface area contributed by atoms with Gasteiger partial charge in [-0.05, 0) is 42.5 Å². The van der Waals surface area contributed by atoms with Gasteiger partial charge < -0.3 is 10.3 Å². The molecule has 7 nitrogen and oxygen atoms in total. The molecule has 134 valence electrons. The molecule has 1 aliphatic rings. The molecule has 3 N–H and O–H groups in total. The number of nitrogens with one attached hydrogen (secondary N) is 3. The zero-order valence-corrected chi connectivity index (χ0v) is 14.6. The first-order valence-electron chi connectivity index (χ1n) is 8.97. The highest BCUT2D eigenvalue weighted by Crippen LogP contribution is 2.26. The zero-order chi connectivity index (χ0) is 18.2. The summed E-state index contributed by atoms with van der Waals surface area (Å²) < 4.78 is 0. The van der Waals surface area contributed by atoms with E-state index < -0.39 is 0 Å². The minimum Gasteiger partial charge on any atom is -0.349 e. The third-order valence-electron chi connectivity index (χ3n) is 5.14. The number of H-pyrrole nitrogens is 2. The number of hydrogen-bond acceptors (Lipinski definition) is 4. The topological polar surface area (TPSA) is 99.4 Å². The number of aryl methyl sites for hydroxylation is 1. The number of benzene rings is 1. The molecule has 1 atom stereocenters. The monoisotopic (exact) mass is 358 g/mol. The van der Waals surface area contributed by atoms with E-state index in [1.54, 1.807) is 18.7 Å². The molecule has 7 heteroatoms. The van der Waals surface area contributed by atoms with Crippen LogP contribution < -0.4 is 5.32 Å². The first kappa shape index (κ1) is 15.7. The Morgan fingerprint density at radius 2 is 2.04 bits per heavy atom. The van der Waals surface area contributed by atoms with Gasteiger partial charge in [-0.3, -0.25) is 14.9 Å². The lowest BCUT2D eigenvalue weighted by atomic mass is 9.93. The smallest absolute Gasteiger partial charge is 0.251 e. The molecule has 1 amide bonds. The fourth-order valence-corrected chi connectivity index (χ4v) is 3.69. The predicted molar refractivity (Wildman–Crippen MR) is 101 cm³/mol. The van der Waals surface area contributed by atoms with Crippen molar-refractivity contribution >= 4 is 16.9 Å². The minimum absolute atomic E-state index is 0.0467. The number of rotatable bonds is 3. The lowest BCUT2D eigenvalue weighted by Gasteiger charge is -2.22. The number of fused-ring (bicyclic) bond motifs is 2. The normalized spacial score (nSPS) is 16.2. The molecule has 1 aliphatic carbocycles. The number of pyridine rings is 1. The average molecular weight is 358 g/mol. The molecule has 0 fully saturated rings. The lowest BCUT2D eigenvalue weighted by Crippen LogP contribution is -2.38. The van der Waals surface area contributed by atoms with E-state index in [9.17, 15) is 4.79 Å². The molecule has 1 aromatic carbocycles. The summed E-state index contributed by atoms with van der Waals surface area (Å²) in [5.74, 6) is -0.0467. The maximum atomic E-state index is 12.6. The van der Waals surface area contributed by atoms with Gasteiger partial charge in [0, 0.05) is 29.1 Å². The summed E-state index contributed by atoms with van der Waals surface area (Å²) in [6, 6.07) is 7.72. The maximum Gasteiger partial charge on any atom is 0.251 e. The Balaban J connectivity index is 1.33. The highest BCUT2D eigenvalue weighted by atomic mass is 16.1. The standard InChI is InChI=1S/C20H18N6O/c27-20(25-15-5-6-17-14(7-15)8-24-26-17)13-3-1-12(2-4-13)16-9-21-10-18-19(16)23-11-22-18/h1-4,8-11,15H,5-7H2,(H,22,23)(H,24,26)(H,25,27). The summed E-state index contributed by atoms with van der Waals surface area (Å²) in [4.78, 5) is 24.3. The molecule has 3 heterocycles. The second kappa shape index (κ2) is 6.35. The van der Waals surface area contributed by atoms with Gasteiger partial charge in [-0.15, -0.1) is 0 Å². The van der Waals surface area contributed by atoms with E-state index in [1.165, 1.54) is 11.3 Å². The minimum atomic E-state index is -0.0467. The van der Waals surface area contributed by atoms with E-state index in [2.05, 4.69) is 30.5 Å². The molecule has 0 saturated carbocycles. The van der Waals surface area contributed by atoms with Crippen LogP contribution in [-0.2, 0) is 12.8 Å².